The van der Waals surface area contributed by atoms with Crippen LogP contribution in [-0.4, -0.2) is 28.1 Å². The molecule has 0 aromatic heterocycles. The van der Waals surface area contributed by atoms with E-state index in [4.69, 9.17) is 18.6 Å². The van der Waals surface area contributed by atoms with Crippen molar-refractivity contribution in [1.29, 1.82) is 0 Å². The van der Waals surface area contributed by atoms with Crippen LogP contribution in [0, 0.1) is 12.3 Å². The second-order valence-electron chi connectivity index (χ2n) is 1.93. The van der Waals surface area contributed by atoms with E-state index in [1.807, 2.05) is 0 Å². The molecule has 0 saturated carbocycles. The average molecular weight is 187 g/mol. The third-order valence-electron chi connectivity index (χ3n) is 1.30. The van der Waals surface area contributed by atoms with Gasteiger partial charge >= 0.3 is 0 Å². The van der Waals surface area contributed by atoms with Gasteiger partial charge in [-0.05, 0) is 13.8 Å². The molecule has 3 heteroatoms. The molecule has 0 N–H and O–H groups in total. The van der Waals surface area contributed by atoms with Gasteiger partial charge in [-0.1, -0.05) is 29.9 Å². The molecule has 0 unspecified atom stereocenters. The van der Waals surface area contributed by atoms with Crippen molar-refractivity contribution in [3.63, 3.8) is 0 Å². The minimum atomic E-state index is 0.676. The van der Waals surface area contributed by atoms with E-state index in [0.29, 0.717) is 5.75 Å². The van der Waals surface area contributed by atoms with Crippen LogP contribution in [0.4, 0.5) is 0 Å². The van der Waals surface area contributed by atoms with Gasteiger partial charge in [0.2, 0.25) is 0 Å². The van der Waals surface area contributed by atoms with Gasteiger partial charge in [0.05, 0.1) is 5.75 Å². The number of hydrogen-bond acceptors (Lipinski definition) is 2. The van der Waals surface area contributed by atoms with Gasteiger partial charge in [0.25, 0.3) is 0 Å². The summed E-state index contributed by atoms with van der Waals surface area (Å²) >= 11 is 6.69. The predicted molar refractivity (Wildman–Crippen MR) is 56.8 cm³/mol. The van der Waals surface area contributed by atoms with Crippen molar-refractivity contribution in [2.24, 2.45) is 0 Å². The van der Waals surface area contributed by atoms with E-state index >= 15 is 0 Å². The number of hydrogen-bond donors (Lipinski definition) is 0. The molecule has 62 valence electrons. The quantitative estimate of drug-likeness (QED) is 0.491. The molecule has 0 rings (SSSR count). The number of thiocarbonyl (C=S) groups is 1. The van der Waals surface area contributed by atoms with Crippen molar-refractivity contribution >= 4 is 28.3 Å². The number of thioether (sulfide) groups is 1. The summed E-state index contributed by atoms with van der Waals surface area (Å²) in [4.78, 5) is 2.12. The first-order valence-corrected chi connectivity index (χ1v) is 5.00. The predicted octanol–water partition coefficient (Wildman–Crippen LogP) is 1.98. The van der Waals surface area contributed by atoms with Gasteiger partial charge in [-0.3, -0.25) is 0 Å². The van der Waals surface area contributed by atoms with Crippen LogP contribution in [0.3, 0.4) is 0 Å². The third-order valence-corrected chi connectivity index (χ3v) is 2.73. The largest absolute Gasteiger partial charge is 0.358 e. The molecule has 0 heterocycles. The Hall–Kier alpha value is -0.200. The SMILES string of the molecule is C#CCSC(=S)N(CC)CC. The zero-order chi connectivity index (χ0) is 8.69. The maximum Gasteiger partial charge on any atom is 0.137 e. The van der Waals surface area contributed by atoms with E-state index in [2.05, 4.69) is 24.7 Å². The Bertz CT molecular complexity index is 156. The first kappa shape index (κ1) is 10.8. The Balaban J connectivity index is 3.72. The molecule has 0 spiro atoms. The first-order chi connectivity index (χ1) is 5.26. The minimum Gasteiger partial charge on any atom is -0.358 e. The molecule has 0 aromatic carbocycles. The standard InChI is InChI=1S/C8H13NS2/c1-4-7-11-8(10)9(5-2)6-3/h1H,5-7H2,2-3H3. The number of nitrogens with zero attached hydrogens (tertiary/aromatic N) is 1. The van der Waals surface area contributed by atoms with Crippen LogP contribution in [0.2, 0.25) is 0 Å². The Kier molecular flexibility index (Phi) is 6.39. The van der Waals surface area contributed by atoms with Gasteiger partial charge in [-0.15, -0.1) is 6.42 Å². The Morgan fingerprint density at radius 3 is 2.45 bits per heavy atom. The molecule has 0 fully saturated rings. The highest BCUT2D eigenvalue weighted by Gasteiger charge is 2.03. The molecule has 0 radical (unpaired) electrons. The van der Waals surface area contributed by atoms with Crippen molar-refractivity contribution in [3.05, 3.63) is 0 Å². The number of rotatable bonds is 3. The summed E-state index contributed by atoms with van der Waals surface area (Å²) in [5.41, 5.74) is 0. The van der Waals surface area contributed by atoms with Gasteiger partial charge in [-0.25, -0.2) is 0 Å². The zero-order valence-electron chi connectivity index (χ0n) is 6.96. The van der Waals surface area contributed by atoms with Gasteiger partial charge in [-0.2, -0.15) is 0 Å². The van der Waals surface area contributed by atoms with Crippen LogP contribution < -0.4 is 0 Å². The highest BCUT2D eigenvalue weighted by Crippen LogP contribution is 2.07. The fraction of sp³-hybridized carbons (Fsp3) is 0.625. The lowest BCUT2D eigenvalue weighted by Crippen LogP contribution is -2.26. The lowest BCUT2D eigenvalue weighted by molar-refractivity contribution is 0.482. The van der Waals surface area contributed by atoms with Crippen molar-refractivity contribution < 1.29 is 0 Å². The summed E-state index contributed by atoms with van der Waals surface area (Å²) in [7, 11) is 0. The van der Waals surface area contributed by atoms with E-state index in [9.17, 15) is 0 Å². The summed E-state index contributed by atoms with van der Waals surface area (Å²) in [6.07, 6.45) is 5.11. The molecule has 0 aliphatic rings. The monoisotopic (exact) mass is 187 g/mol. The second kappa shape index (κ2) is 6.51. The molecule has 0 aliphatic carbocycles. The summed E-state index contributed by atoms with van der Waals surface area (Å²) in [6, 6.07) is 0. The number of terminal acetylenes is 1. The van der Waals surface area contributed by atoms with E-state index in [1.165, 1.54) is 0 Å². The normalized spacial score (nSPS) is 8.82. The minimum absolute atomic E-state index is 0.676. The Labute approximate surface area is 78.5 Å². The molecular weight excluding hydrogens is 174 g/mol. The van der Waals surface area contributed by atoms with Crippen LogP contribution >= 0.6 is 24.0 Å². The lowest BCUT2D eigenvalue weighted by atomic mass is 10.6. The smallest absolute Gasteiger partial charge is 0.137 e. The van der Waals surface area contributed by atoms with E-state index < -0.39 is 0 Å². The molecule has 0 saturated heterocycles. The van der Waals surface area contributed by atoms with Crippen LogP contribution in [0.1, 0.15) is 13.8 Å². The molecule has 0 aromatic rings. The molecular formula is C8H13NS2. The van der Waals surface area contributed by atoms with Crippen molar-refractivity contribution in [1.82, 2.24) is 4.90 Å². The third kappa shape index (κ3) is 4.28. The fourth-order valence-electron chi connectivity index (χ4n) is 0.676. The average Bonchev–Trinajstić information content (AvgIpc) is 2.03. The van der Waals surface area contributed by atoms with Crippen molar-refractivity contribution in [2.75, 3.05) is 18.8 Å². The fourth-order valence-corrected chi connectivity index (χ4v) is 1.76. The van der Waals surface area contributed by atoms with E-state index in [-0.39, 0.29) is 0 Å². The highest BCUT2D eigenvalue weighted by atomic mass is 32.2. The van der Waals surface area contributed by atoms with Gasteiger partial charge in [0, 0.05) is 13.1 Å². The zero-order valence-corrected chi connectivity index (χ0v) is 8.60. The van der Waals surface area contributed by atoms with Gasteiger partial charge in [0.1, 0.15) is 4.32 Å². The van der Waals surface area contributed by atoms with Crippen LogP contribution in [0.25, 0.3) is 0 Å². The summed E-state index contributed by atoms with van der Waals surface area (Å²) in [5.74, 6) is 3.23. The van der Waals surface area contributed by atoms with Crippen LogP contribution in [0.5, 0.6) is 0 Å². The molecule has 0 aliphatic heterocycles. The molecule has 1 nitrogen and oxygen atoms in total. The maximum absolute atomic E-state index is 5.13. The molecule has 11 heavy (non-hydrogen) atoms. The molecule has 0 atom stereocenters. The summed E-state index contributed by atoms with van der Waals surface area (Å²) in [5, 5.41) is 0. The van der Waals surface area contributed by atoms with E-state index in [1.54, 1.807) is 11.8 Å². The molecule has 0 amide bonds. The van der Waals surface area contributed by atoms with Gasteiger partial charge in [0.15, 0.2) is 0 Å². The lowest BCUT2D eigenvalue weighted by Gasteiger charge is -2.19. The Morgan fingerprint density at radius 1 is 1.55 bits per heavy atom. The van der Waals surface area contributed by atoms with Crippen LogP contribution in [0.15, 0.2) is 0 Å². The summed E-state index contributed by atoms with van der Waals surface area (Å²) in [6.45, 7) is 6.11. The van der Waals surface area contributed by atoms with Crippen molar-refractivity contribution in [2.45, 2.75) is 13.8 Å². The maximum atomic E-state index is 5.13. The van der Waals surface area contributed by atoms with E-state index in [0.717, 1.165) is 17.4 Å². The Morgan fingerprint density at radius 2 is 2.09 bits per heavy atom. The van der Waals surface area contributed by atoms with Crippen molar-refractivity contribution in [3.8, 4) is 12.3 Å². The first-order valence-electron chi connectivity index (χ1n) is 3.61. The highest BCUT2D eigenvalue weighted by molar-refractivity contribution is 8.23. The molecule has 0 bridgehead atoms. The topological polar surface area (TPSA) is 3.24 Å². The van der Waals surface area contributed by atoms with Crippen LogP contribution in [-0.2, 0) is 0 Å². The second-order valence-corrected chi connectivity index (χ2v) is 3.54. The summed E-state index contributed by atoms with van der Waals surface area (Å²) < 4.78 is 0.910. The van der Waals surface area contributed by atoms with Gasteiger partial charge < -0.3 is 4.90 Å².